The number of hydrogen-bond acceptors (Lipinski definition) is 1. The third-order valence-electron chi connectivity index (χ3n) is 2.02. The topological polar surface area (TPSA) is 9.23 Å². The summed E-state index contributed by atoms with van der Waals surface area (Å²) in [5.41, 5.74) is 1.47. The fraction of sp³-hybridized carbons (Fsp3) is 0.636. The summed E-state index contributed by atoms with van der Waals surface area (Å²) in [7, 11) is 1.72. The van der Waals surface area contributed by atoms with Crippen molar-refractivity contribution in [2.75, 3.05) is 7.11 Å². The van der Waals surface area contributed by atoms with Crippen molar-refractivity contribution in [3.63, 3.8) is 0 Å². The highest BCUT2D eigenvalue weighted by atomic mass is 16.5. The maximum Gasteiger partial charge on any atom is 0.0952 e. The zero-order valence-corrected chi connectivity index (χ0v) is 8.68. The van der Waals surface area contributed by atoms with Gasteiger partial charge in [0.25, 0.3) is 0 Å². The standard InChI is InChI=1S/C11H20O/c1-5-10(6-2)8-9-11(7-3)12-4/h8-9H,5-7H2,1-4H3/b11-9+. The van der Waals surface area contributed by atoms with Gasteiger partial charge in [-0.3, -0.25) is 0 Å². The molecule has 1 nitrogen and oxygen atoms in total. The SMILES string of the molecule is CCC(=C/C=C(\CC)OC)CC. The molecule has 0 spiro atoms. The molecule has 0 rings (SSSR count). The average Bonchev–Trinajstić information content (AvgIpc) is 2.13. The van der Waals surface area contributed by atoms with Gasteiger partial charge in [0.05, 0.1) is 12.9 Å². The summed E-state index contributed by atoms with van der Waals surface area (Å²) in [5, 5.41) is 0. The smallest absolute Gasteiger partial charge is 0.0952 e. The average molecular weight is 168 g/mol. The predicted molar refractivity (Wildman–Crippen MR) is 54.0 cm³/mol. The highest BCUT2D eigenvalue weighted by molar-refractivity contribution is 5.14. The van der Waals surface area contributed by atoms with Crippen molar-refractivity contribution in [1.29, 1.82) is 0 Å². The third-order valence-corrected chi connectivity index (χ3v) is 2.02. The molecule has 0 aromatic carbocycles. The highest BCUT2D eigenvalue weighted by Crippen LogP contribution is 2.08. The van der Waals surface area contributed by atoms with Gasteiger partial charge in [0, 0.05) is 6.42 Å². The molecular formula is C11H20O. The van der Waals surface area contributed by atoms with Gasteiger partial charge in [-0.2, -0.15) is 0 Å². The van der Waals surface area contributed by atoms with Crippen LogP contribution in [0.25, 0.3) is 0 Å². The number of hydrogen-bond donors (Lipinski definition) is 0. The summed E-state index contributed by atoms with van der Waals surface area (Å²) in [5.74, 6) is 1.05. The Morgan fingerprint density at radius 3 is 1.92 bits per heavy atom. The monoisotopic (exact) mass is 168 g/mol. The third kappa shape index (κ3) is 4.22. The Bertz CT molecular complexity index is 134. The van der Waals surface area contributed by atoms with Crippen LogP contribution in [0.5, 0.6) is 0 Å². The molecule has 0 bridgehead atoms. The maximum atomic E-state index is 5.16. The first-order chi connectivity index (χ1) is 5.78. The summed E-state index contributed by atoms with van der Waals surface area (Å²) in [6, 6.07) is 0. The largest absolute Gasteiger partial charge is 0.501 e. The lowest BCUT2D eigenvalue weighted by molar-refractivity contribution is 0.281. The Morgan fingerprint density at radius 1 is 1.00 bits per heavy atom. The summed E-state index contributed by atoms with van der Waals surface area (Å²) in [6.45, 7) is 6.46. The van der Waals surface area contributed by atoms with E-state index >= 15 is 0 Å². The van der Waals surface area contributed by atoms with Gasteiger partial charge in [-0.15, -0.1) is 0 Å². The van der Waals surface area contributed by atoms with E-state index in [4.69, 9.17) is 4.74 Å². The second-order valence-corrected chi connectivity index (χ2v) is 2.72. The van der Waals surface area contributed by atoms with Crippen LogP contribution in [0.2, 0.25) is 0 Å². The van der Waals surface area contributed by atoms with E-state index in [9.17, 15) is 0 Å². The Kier molecular flexibility index (Phi) is 6.54. The second-order valence-electron chi connectivity index (χ2n) is 2.72. The van der Waals surface area contributed by atoms with E-state index in [0.29, 0.717) is 0 Å². The first-order valence-corrected chi connectivity index (χ1v) is 4.71. The normalized spacial score (nSPS) is 11.2. The molecule has 0 saturated carbocycles. The molecule has 70 valence electrons. The highest BCUT2D eigenvalue weighted by Gasteiger charge is 1.90. The Morgan fingerprint density at radius 2 is 1.58 bits per heavy atom. The van der Waals surface area contributed by atoms with Crippen molar-refractivity contribution >= 4 is 0 Å². The summed E-state index contributed by atoms with van der Waals surface area (Å²) in [6.07, 6.45) is 7.47. The Labute approximate surface area is 76.1 Å². The minimum atomic E-state index is 0.966. The van der Waals surface area contributed by atoms with Gasteiger partial charge in [-0.1, -0.05) is 32.4 Å². The van der Waals surface area contributed by atoms with Gasteiger partial charge in [0.15, 0.2) is 0 Å². The molecule has 0 heterocycles. The molecule has 0 aromatic heterocycles. The molecule has 0 aliphatic rings. The molecule has 0 aliphatic heterocycles. The van der Waals surface area contributed by atoms with Crippen molar-refractivity contribution in [2.45, 2.75) is 40.0 Å². The fourth-order valence-corrected chi connectivity index (χ4v) is 1.03. The number of allylic oxidation sites excluding steroid dienone is 4. The van der Waals surface area contributed by atoms with Gasteiger partial charge in [0.1, 0.15) is 0 Å². The van der Waals surface area contributed by atoms with Crippen LogP contribution in [0.1, 0.15) is 40.0 Å². The lowest BCUT2D eigenvalue weighted by atomic mass is 10.1. The van der Waals surface area contributed by atoms with Crippen molar-refractivity contribution < 1.29 is 4.74 Å². The van der Waals surface area contributed by atoms with Gasteiger partial charge < -0.3 is 4.74 Å². The molecule has 0 N–H and O–H groups in total. The van der Waals surface area contributed by atoms with Crippen LogP contribution in [0.3, 0.4) is 0 Å². The summed E-state index contributed by atoms with van der Waals surface area (Å²) < 4.78 is 5.16. The molecule has 0 aromatic rings. The van der Waals surface area contributed by atoms with Gasteiger partial charge in [-0.05, 0) is 18.9 Å². The molecule has 0 fully saturated rings. The molecule has 0 aliphatic carbocycles. The zero-order valence-electron chi connectivity index (χ0n) is 8.68. The number of rotatable bonds is 5. The van der Waals surface area contributed by atoms with E-state index in [-0.39, 0.29) is 0 Å². The number of methoxy groups -OCH3 is 1. The van der Waals surface area contributed by atoms with Crippen LogP contribution in [0.15, 0.2) is 23.5 Å². The van der Waals surface area contributed by atoms with E-state index in [0.717, 1.165) is 25.0 Å². The quantitative estimate of drug-likeness (QED) is 0.449. The maximum absolute atomic E-state index is 5.16. The van der Waals surface area contributed by atoms with Crippen molar-refractivity contribution in [2.24, 2.45) is 0 Å². The van der Waals surface area contributed by atoms with Crippen LogP contribution in [-0.4, -0.2) is 7.11 Å². The summed E-state index contributed by atoms with van der Waals surface area (Å²) in [4.78, 5) is 0. The minimum Gasteiger partial charge on any atom is -0.501 e. The summed E-state index contributed by atoms with van der Waals surface area (Å²) >= 11 is 0. The lowest BCUT2D eigenvalue weighted by Crippen LogP contribution is -1.83. The first kappa shape index (κ1) is 11.3. The van der Waals surface area contributed by atoms with Crippen LogP contribution >= 0.6 is 0 Å². The Balaban J connectivity index is 4.20. The van der Waals surface area contributed by atoms with E-state index in [2.05, 4.69) is 32.9 Å². The van der Waals surface area contributed by atoms with Crippen LogP contribution in [0.4, 0.5) is 0 Å². The van der Waals surface area contributed by atoms with E-state index < -0.39 is 0 Å². The first-order valence-electron chi connectivity index (χ1n) is 4.71. The second kappa shape index (κ2) is 6.96. The number of ether oxygens (including phenoxy) is 1. The molecule has 0 saturated heterocycles. The molecular weight excluding hydrogens is 148 g/mol. The van der Waals surface area contributed by atoms with Gasteiger partial charge in [-0.25, -0.2) is 0 Å². The predicted octanol–water partition coefficient (Wildman–Crippen LogP) is 3.67. The van der Waals surface area contributed by atoms with E-state index in [1.54, 1.807) is 7.11 Å². The van der Waals surface area contributed by atoms with Gasteiger partial charge in [0.2, 0.25) is 0 Å². The van der Waals surface area contributed by atoms with E-state index in [1.165, 1.54) is 5.57 Å². The lowest BCUT2D eigenvalue weighted by Gasteiger charge is -2.01. The molecule has 0 amide bonds. The molecule has 0 radical (unpaired) electrons. The van der Waals surface area contributed by atoms with Crippen molar-refractivity contribution in [1.82, 2.24) is 0 Å². The Hall–Kier alpha value is -0.720. The van der Waals surface area contributed by atoms with Gasteiger partial charge >= 0.3 is 0 Å². The minimum absolute atomic E-state index is 0.966. The molecule has 0 unspecified atom stereocenters. The zero-order chi connectivity index (χ0) is 9.40. The van der Waals surface area contributed by atoms with Crippen molar-refractivity contribution in [3.8, 4) is 0 Å². The molecule has 1 heteroatoms. The van der Waals surface area contributed by atoms with Crippen LogP contribution in [-0.2, 0) is 4.74 Å². The molecule has 12 heavy (non-hydrogen) atoms. The van der Waals surface area contributed by atoms with E-state index in [1.807, 2.05) is 0 Å². The fourth-order valence-electron chi connectivity index (χ4n) is 1.03. The van der Waals surface area contributed by atoms with Crippen LogP contribution in [0, 0.1) is 0 Å². The van der Waals surface area contributed by atoms with Crippen LogP contribution < -0.4 is 0 Å². The van der Waals surface area contributed by atoms with Crippen molar-refractivity contribution in [3.05, 3.63) is 23.5 Å². The molecule has 0 atom stereocenters.